The minimum atomic E-state index is -0.488. The number of hydrogen-bond acceptors (Lipinski definition) is 6. The fourth-order valence-corrected chi connectivity index (χ4v) is 4.19. The fraction of sp³-hybridized carbons (Fsp3) is 0.120. The van der Waals surface area contributed by atoms with Crippen LogP contribution in [0.3, 0.4) is 0 Å². The van der Waals surface area contributed by atoms with E-state index in [-0.39, 0.29) is 18.1 Å². The van der Waals surface area contributed by atoms with Crippen molar-refractivity contribution in [2.24, 2.45) is 0 Å². The van der Waals surface area contributed by atoms with E-state index < -0.39 is 10.8 Å². The lowest BCUT2D eigenvalue weighted by Gasteiger charge is -2.08. The topological polar surface area (TPSA) is 99.3 Å². The lowest BCUT2D eigenvalue weighted by molar-refractivity contribution is -0.385. The maximum Gasteiger partial charge on any atom is 0.276 e. The van der Waals surface area contributed by atoms with Crippen molar-refractivity contribution in [1.29, 1.82) is 0 Å². The number of carbonyl (C=O) groups is 1. The van der Waals surface area contributed by atoms with Crippen LogP contribution in [0.25, 0.3) is 0 Å². The van der Waals surface area contributed by atoms with E-state index in [0.29, 0.717) is 21.4 Å². The third kappa shape index (κ3) is 6.40. The maximum absolute atomic E-state index is 12.8. The fourth-order valence-electron chi connectivity index (χ4n) is 3.16. The van der Waals surface area contributed by atoms with Gasteiger partial charge in [-0.05, 0) is 61.9 Å². The Balaban J connectivity index is 1.45. The van der Waals surface area contributed by atoms with Gasteiger partial charge in [-0.25, -0.2) is 4.68 Å². The quantitative estimate of drug-likeness (QED) is 0.215. The Labute approximate surface area is 211 Å². The van der Waals surface area contributed by atoms with E-state index >= 15 is 0 Å². The lowest BCUT2D eigenvalue weighted by Crippen LogP contribution is -2.14. The molecule has 1 amide bonds. The Hall–Kier alpha value is -3.82. The molecule has 0 saturated heterocycles. The molecule has 0 saturated carbocycles. The van der Waals surface area contributed by atoms with E-state index in [1.807, 2.05) is 44.2 Å². The molecule has 0 aliphatic rings. The number of aromatic nitrogens is 2. The van der Waals surface area contributed by atoms with Crippen LogP contribution >= 0.6 is 23.4 Å². The van der Waals surface area contributed by atoms with Gasteiger partial charge in [-0.15, -0.1) is 0 Å². The number of rotatable bonds is 8. The zero-order valence-corrected chi connectivity index (χ0v) is 20.5. The summed E-state index contributed by atoms with van der Waals surface area (Å²) in [5, 5.41) is 19.0. The number of benzene rings is 3. The molecular weight excluding hydrogens is 488 g/mol. The molecule has 4 aromatic rings. The monoisotopic (exact) mass is 508 g/mol. The molecule has 0 bridgehead atoms. The summed E-state index contributed by atoms with van der Waals surface area (Å²) >= 11 is 7.40. The van der Waals surface area contributed by atoms with Gasteiger partial charge >= 0.3 is 0 Å². The molecule has 1 heterocycles. The standard InChI is InChI=1S/C25H21ClN4O4S/c1-16-3-6-21(7-4-16)35-22-13-18(12-19(14-22)30(32)33)27-25(31)24-9-10-29(28-24)15-34-20-5-8-23(26)17(2)11-20/h3-14H,15H2,1-2H3,(H,27,31). The summed E-state index contributed by atoms with van der Waals surface area (Å²) in [7, 11) is 0. The largest absolute Gasteiger partial charge is 0.471 e. The Morgan fingerprint density at radius 2 is 1.86 bits per heavy atom. The van der Waals surface area contributed by atoms with Gasteiger partial charge in [0.2, 0.25) is 0 Å². The van der Waals surface area contributed by atoms with E-state index in [1.165, 1.54) is 28.6 Å². The summed E-state index contributed by atoms with van der Waals surface area (Å²) in [6.07, 6.45) is 1.61. The number of nitrogens with one attached hydrogen (secondary N) is 1. The summed E-state index contributed by atoms with van der Waals surface area (Å²) < 4.78 is 7.17. The van der Waals surface area contributed by atoms with E-state index in [0.717, 1.165) is 16.0 Å². The molecule has 0 aliphatic heterocycles. The Bertz CT molecular complexity index is 1390. The first-order chi connectivity index (χ1) is 16.8. The number of nitro groups is 1. The van der Waals surface area contributed by atoms with Crippen LogP contribution in [0.4, 0.5) is 11.4 Å². The van der Waals surface area contributed by atoms with Crippen molar-refractivity contribution in [3.8, 4) is 5.75 Å². The number of aryl methyl sites for hydroxylation is 2. The van der Waals surface area contributed by atoms with E-state index in [9.17, 15) is 14.9 Å². The van der Waals surface area contributed by atoms with Crippen LogP contribution in [0, 0.1) is 24.0 Å². The molecule has 0 spiro atoms. The third-order valence-electron chi connectivity index (χ3n) is 4.98. The van der Waals surface area contributed by atoms with Crippen LogP contribution in [-0.2, 0) is 6.73 Å². The molecule has 3 aromatic carbocycles. The van der Waals surface area contributed by atoms with Gasteiger partial charge in [-0.2, -0.15) is 5.10 Å². The summed E-state index contributed by atoms with van der Waals surface area (Å²) in [6, 6.07) is 19.2. The van der Waals surface area contributed by atoms with Gasteiger partial charge in [0, 0.05) is 38.8 Å². The van der Waals surface area contributed by atoms with E-state index in [4.69, 9.17) is 16.3 Å². The van der Waals surface area contributed by atoms with Crippen LogP contribution < -0.4 is 10.1 Å². The molecule has 10 heteroatoms. The number of nitro benzene ring substituents is 1. The first kappa shape index (κ1) is 24.3. The van der Waals surface area contributed by atoms with Crippen molar-refractivity contribution < 1.29 is 14.5 Å². The molecule has 0 radical (unpaired) electrons. The SMILES string of the molecule is Cc1ccc(Sc2cc(NC(=O)c3ccn(COc4ccc(Cl)c(C)c4)n3)cc([N+](=O)[O-])c2)cc1. The maximum atomic E-state index is 12.8. The van der Waals surface area contributed by atoms with Gasteiger partial charge in [-0.1, -0.05) is 41.1 Å². The predicted molar refractivity (Wildman–Crippen MR) is 135 cm³/mol. The van der Waals surface area contributed by atoms with Crippen LogP contribution in [0.15, 0.2) is 82.7 Å². The number of amides is 1. The van der Waals surface area contributed by atoms with Gasteiger partial charge in [0.15, 0.2) is 12.4 Å². The van der Waals surface area contributed by atoms with Gasteiger partial charge < -0.3 is 10.1 Å². The highest BCUT2D eigenvalue weighted by Gasteiger charge is 2.15. The van der Waals surface area contributed by atoms with Crippen LogP contribution in [0.5, 0.6) is 5.75 Å². The zero-order valence-electron chi connectivity index (χ0n) is 18.9. The summed E-state index contributed by atoms with van der Waals surface area (Å²) in [4.78, 5) is 25.3. The summed E-state index contributed by atoms with van der Waals surface area (Å²) in [6.45, 7) is 3.97. The third-order valence-corrected chi connectivity index (χ3v) is 6.39. The van der Waals surface area contributed by atoms with Crippen molar-refractivity contribution >= 4 is 40.6 Å². The molecule has 8 nitrogen and oxygen atoms in total. The zero-order chi connectivity index (χ0) is 24.9. The molecule has 1 N–H and O–H groups in total. The molecule has 0 aliphatic carbocycles. The van der Waals surface area contributed by atoms with Crippen LogP contribution in [0.1, 0.15) is 21.6 Å². The summed E-state index contributed by atoms with van der Waals surface area (Å²) in [5.74, 6) is 0.140. The molecule has 0 atom stereocenters. The number of anilines is 1. The van der Waals surface area contributed by atoms with E-state index in [1.54, 1.807) is 30.5 Å². The Morgan fingerprint density at radius 1 is 1.09 bits per heavy atom. The second kappa shape index (κ2) is 10.6. The first-order valence-corrected chi connectivity index (χ1v) is 11.7. The molecule has 178 valence electrons. The summed E-state index contributed by atoms with van der Waals surface area (Å²) in [5.41, 5.74) is 2.35. The van der Waals surface area contributed by atoms with Crippen LogP contribution in [0.2, 0.25) is 5.02 Å². The second-order valence-electron chi connectivity index (χ2n) is 7.77. The van der Waals surface area contributed by atoms with Gasteiger partial charge in [0.05, 0.1) is 4.92 Å². The number of halogens is 1. The van der Waals surface area contributed by atoms with Crippen molar-refractivity contribution in [2.75, 3.05) is 5.32 Å². The predicted octanol–water partition coefficient (Wildman–Crippen LogP) is 6.50. The highest BCUT2D eigenvalue weighted by molar-refractivity contribution is 7.99. The van der Waals surface area contributed by atoms with Gasteiger partial charge in [0.25, 0.3) is 11.6 Å². The minimum Gasteiger partial charge on any atom is -0.471 e. The molecule has 1 aromatic heterocycles. The van der Waals surface area contributed by atoms with E-state index in [2.05, 4.69) is 10.4 Å². The smallest absolute Gasteiger partial charge is 0.276 e. The number of non-ortho nitro benzene ring substituents is 1. The normalized spacial score (nSPS) is 10.7. The van der Waals surface area contributed by atoms with Crippen molar-refractivity contribution in [3.05, 3.63) is 105 Å². The number of carbonyl (C=O) groups excluding carboxylic acids is 1. The minimum absolute atomic E-state index is 0.0997. The Morgan fingerprint density at radius 3 is 2.57 bits per heavy atom. The average Bonchev–Trinajstić information content (AvgIpc) is 3.30. The molecule has 0 unspecified atom stereocenters. The second-order valence-corrected chi connectivity index (χ2v) is 9.32. The average molecular weight is 509 g/mol. The highest BCUT2D eigenvalue weighted by atomic mass is 35.5. The van der Waals surface area contributed by atoms with Crippen molar-refractivity contribution in [1.82, 2.24) is 9.78 Å². The number of hydrogen-bond donors (Lipinski definition) is 1. The van der Waals surface area contributed by atoms with Crippen LogP contribution in [-0.4, -0.2) is 20.6 Å². The molecule has 4 rings (SSSR count). The first-order valence-electron chi connectivity index (χ1n) is 10.5. The van der Waals surface area contributed by atoms with Gasteiger partial charge in [0.1, 0.15) is 5.75 Å². The molecular formula is C25H21ClN4O4S. The Kier molecular flexibility index (Phi) is 7.38. The van der Waals surface area contributed by atoms with Crippen molar-refractivity contribution in [3.63, 3.8) is 0 Å². The highest BCUT2D eigenvalue weighted by Crippen LogP contribution is 2.33. The van der Waals surface area contributed by atoms with Gasteiger partial charge in [-0.3, -0.25) is 14.9 Å². The molecule has 0 fully saturated rings. The molecule has 35 heavy (non-hydrogen) atoms. The number of ether oxygens (including phenoxy) is 1. The van der Waals surface area contributed by atoms with Crippen molar-refractivity contribution in [2.45, 2.75) is 30.4 Å². The lowest BCUT2D eigenvalue weighted by atomic mass is 10.2. The number of nitrogens with zero attached hydrogens (tertiary/aromatic N) is 3.